The molecule has 3 aliphatic carbocycles. The minimum absolute atomic E-state index is 0.0409. The van der Waals surface area contributed by atoms with Gasteiger partial charge >= 0.3 is 11.9 Å². The molecule has 2 bridgehead atoms. The molecule has 4 nitrogen and oxygen atoms in total. The molecule has 17 heavy (non-hydrogen) atoms. The largest absolute Gasteiger partial charge is 0.393 e. The number of cyclic esters (lactones) is 2. The zero-order chi connectivity index (χ0) is 12.6. The van der Waals surface area contributed by atoms with Crippen molar-refractivity contribution < 1.29 is 19.1 Å². The van der Waals surface area contributed by atoms with Crippen LogP contribution < -0.4 is 0 Å². The Morgan fingerprint density at radius 3 is 2.41 bits per heavy atom. The second kappa shape index (κ2) is 2.79. The Morgan fingerprint density at radius 1 is 1.12 bits per heavy atom. The smallest absolute Gasteiger partial charge is 0.318 e. The first kappa shape index (κ1) is 10.9. The summed E-state index contributed by atoms with van der Waals surface area (Å²) in [4.78, 5) is 35.7. The summed E-state index contributed by atoms with van der Waals surface area (Å²) in [5, 5.41) is 0. The fourth-order valence-corrected chi connectivity index (χ4v) is 4.35. The molecule has 1 aliphatic heterocycles. The molecular weight excluding hydrogens is 220 g/mol. The maximum absolute atomic E-state index is 12.1. The third kappa shape index (κ3) is 1.11. The molecule has 0 radical (unpaired) electrons. The molecule has 4 atom stereocenters. The first-order valence-electron chi connectivity index (χ1n) is 6.06. The van der Waals surface area contributed by atoms with Gasteiger partial charge in [-0.25, -0.2) is 0 Å². The summed E-state index contributed by atoms with van der Waals surface area (Å²) in [5.74, 6) is -1.76. The van der Waals surface area contributed by atoms with Crippen molar-refractivity contribution in [3.8, 4) is 0 Å². The minimum atomic E-state index is -0.702. The molecule has 0 aromatic carbocycles. The van der Waals surface area contributed by atoms with Crippen LogP contribution in [-0.4, -0.2) is 17.7 Å². The predicted octanol–water partition coefficient (Wildman–Crippen LogP) is 1.33. The van der Waals surface area contributed by atoms with Crippen molar-refractivity contribution in [3.63, 3.8) is 0 Å². The van der Waals surface area contributed by atoms with Crippen LogP contribution in [0.2, 0.25) is 0 Å². The third-order valence-electron chi connectivity index (χ3n) is 5.08. The molecule has 92 valence electrons. The second-order valence-corrected chi connectivity index (χ2v) is 6.56. The van der Waals surface area contributed by atoms with Gasteiger partial charge in [0, 0.05) is 11.8 Å². The number of ketones is 1. The van der Waals surface area contributed by atoms with Gasteiger partial charge in [0.25, 0.3) is 0 Å². The van der Waals surface area contributed by atoms with E-state index in [-0.39, 0.29) is 17.1 Å². The summed E-state index contributed by atoms with van der Waals surface area (Å²) in [6, 6.07) is 0. The quantitative estimate of drug-likeness (QED) is 0.470. The van der Waals surface area contributed by atoms with Crippen LogP contribution in [0, 0.1) is 28.6 Å². The highest BCUT2D eigenvalue weighted by atomic mass is 16.6. The maximum atomic E-state index is 12.1. The molecule has 4 rings (SSSR count). The lowest BCUT2D eigenvalue weighted by molar-refractivity contribution is -0.168. The van der Waals surface area contributed by atoms with Gasteiger partial charge in [0.2, 0.25) is 0 Å². The lowest BCUT2D eigenvalue weighted by Gasteiger charge is -2.56. The monoisotopic (exact) mass is 236 g/mol. The summed E-state index contributed by atoms with van der Waals surface area (Å²) in [7, 11) is 0. The van der Waals surface area contributed by atoms with E-state index >= 15 is 0 Å². The van der Waals surface area contributed by atoms with Gasteiger partial charge in [-0.2, -0.15) is 0 Å². The Kier molecular flexibility index (Phi) is 1.80. The zero-order valence-electron chi connectivity index (χ0n) is 10.3. The van der Waals surface area contributed by atoms with Gasteiger partial charge in [-0.3, -0.25) is 14.4 Å². The van der Waals surface area contributed by atoms with Crippen molar-refractivity contribution in [2.75, 3.05) is 0 Å². The molecule has 3 saturated carbocycles. The number of hydrogen-bond acceptors (Lipinski definition) is 4. The lowest BCUT2D eigenvalue weighted by atomic mass is 9.44. The number of rotatable bonds is 0. The maximum Gasteiger partial charge on any atom is 0.318 e. The van der Waals surface area contributed by atoms with Crippen molar-refractivity contribution >= 4 is 17.7 Å². The molecule has 1 saturated heterocycles. The van der Waals surface area contributed by atoms with Crippen LogP contribution in [0.5, 0.6) is 0 Å². The van der Waals surface area contributed by atoms with Crippen LogP contribution in [0.4, 0.5) is 0 Å². The fraction of sp³-hybridized carbons (Fsp3) is 0.769. The molecule has 0 N–H and O–H groups in total. The third-order valence-corrected chi connectivity index (χ3v) is 5.08. The molecule has 4 aliphatic rings. The van der Waals surface area contributed by atoms with Gasteiger partial charge in [-0.05, 0) is 17.8 Å². The van der Waals surface area contributed by atoms with E-state index in [1.165, 1.54) is 0 Å². The highest BCUT2D eigenvalue weighted by molar-refractivity contribution is 6.03. The van der Waals surface area contributed by atoms with E-state index in [9.17, 15) is 14.4 Å². The average molecular weight is 236 g/mol. The summed E-state index contributed by atoms with van der Waals surface area (Å²) in [5.41, 5.74) is -0.778. The van der Waals surface area contributed by atoms with Gasteiger partial charge in [-0.1, -0.05) is 20.8 Å². The minimum Gasteiger partial charge on any atom is -0.393 e. The molecule has 0 aromatic heterocycles. The Morgan fingerprint density at radius 2 is 1.76 bits per heavy atom. The normalized spacial score (nSPS) is 47.0. The van der Waals surface area contributed by atoms with Crippen molar-refractivity contribution in [1.82, 2.24) is 0 Å². The van der Waals surface area contributed by atoms with E-state index < -0.39 is 29.2 Å². The Bertz CT molecular complexity index is 450. The summed E-state index contributed by atoms with van der Waals surface area (Å²) in [6.07, 6.45) is 1.08. The van der Waals surface area contributed by atoms with E-state index in [4.69, 9.17) is 4.74 Å². The number of esters is 2. The Hall–Kier alpha value is -1.19. The fourth-order valence-electron chi connectivity index (χ4n) is 4.35. The van der Waals surface area contributed by atoms with E-state index in [0.29, 0.717) is 12.8 Å². The Balaban J connectivity index is 2.17. The number of Topliss-reactive ketones (excluding diaryl/α,β-unsaturated/α-hetero) is 1. The van der Waals surface area contributed by atoms with Crippen molar-refractivity contribution in [2.24, 2.45) is 28.6 Å². The lowest BCUT2D eigenvalue weighted by Crippen LogP contribution is -2.60. The van der Waals surface area contributed by atoms with Gasteiger partial charge in [0.05, 0.1) is 11.8 Å². The molecule has 0 amide bonds. The van der Waals surface area contributed by atoms with Crippen molar-refractivity contribution in [2.45, 2.75) is 33.6 Å². The summed E-state index contributed by atoms with van der Waals surface area (Å²) in [6.45, 7) is 5.98. The van der Waals surface area contributed by atoms with Crippen LogP contribution in [0.3, 0.4) is 0 Å². The van der Waals surface area contributed by atoms with E-state index in [1.54, 1.807) is 0 Å². The van der Waals surface area contributed by atoms with Gasteiger partial charge < -0.3 is 4.74 Å². The number of fused-ring (bicyclic) bond motifs is 2. The van der Waals surface area contributed by atoms with Gasteiger partial charge in [0.15, 0.2) is 0 Å². The standard InChI is InChI=1S/C13H16O4/c1-12(2)5-13(3)7(14)4-6(12)8-9(13)11(16)17-10(8)15/h6,8-9H,4-5H2,1-3H3/t6-,8+,9-,13+/m0/s1. The van der Waals surface area contributed by atoms with Gasteiger partial charge in [0.1, 0.15) is 5.78 Å². The first-order chi connectivity index (χ1) is 7.77. The second-order valence-electron chi connectivity index (χ2n) is 6.56. The van der Waals surface area contributed by atoms with Crippen LogP contribution in [-0.2, 0) is 19.1 Å². The molecule has 0 spiro atoms. The van der Waals surface area contributed by atoms with Crippen LogP contribution >= 0.6 is 0 Å². The van der Waals surface area contributed by atoms with Crippen molar-refractivity contribution in [1.29, 1.82) is 0 Å². The number of ether oxygens (including phenoxy) is 1. The number of hydrogen-bond donors (Lipinski definition) is 0. The number of carbonyl (C=O) groups excluding carboxylic acids is 3. The van der Waals surface area contributed by atoms with E-state index in [2.05, 4.69) is 13.8 Å². The van der Waals surface area contributed by atoms with Gasteiger partial charge in [-0.15, -0.1) is 0 Å². The molecule has 0 aromatic rings. The van der Waals surface area contributed by atoms with Crippen molar-refractivity contribution in [3.05, 3.63) is 0 Å². The topological polar surface area (TPSA) is 60.4 Å². The number of carbonyl (C=O) groups is 3. The average Bonchev–Trinajstić information content (AvgIpc) is 2.46. The van der Waals surface area contributed by atoms with E-state index in [1.807, 2.05) is 6.92 Å². The molecule has 1 heterocycles. The van der Waals surface area contributed by atoms with Crippen LogP contribution in [0.25, 0.3) is 0 Å². The molecule has 4 heteroatoms. The highest BCUT2D eigenvalue weighted by Gasteiger charge is 2.69. The Labute approximate surface area is 99.7 Å². The molecule has 4 fully saturated rings. The highest BCUT2D eigenvalue weighted by Crippen LogP contribution is 2.63. The SMILES string of the molecule is CC1(C)C[C@]2(C)C(=O)C[C@H]1[C@H]1C(=O)OC(=O)[C@H]12. The zero-order valence-corrected chi connectivity index (χ0v) is 10.3. The van der Waals surface area contributed by atoms with E-state index in [0.717, 1.165) is 0 Å². The first-order valence-corrected chi connectivity index (χ1v) is 6.06. The predicted molar refractivity (Wildman–Crippen MR) is 57.7 cm³/mol. The molecule has 0 unspecified atom stereocenters. The van der Waals surface area contributed by atoms with Crippen LogP contribution in [0.1, 0.15) is 33.6 Å². The van der Waals surface area contributed by atoms with Crippen LogP contribution in [0.15, 0.2) is 0 Å². The summed E-state index contributed by atoms with van der Waals surface area (Å²) >= 11 is 0. The molecular formula is C13H16O4. The summed E-state index contributed by atoms with van der Waals surface area (Å²) < 4.78 is 4.77.